The molecule has 4 rings (SSSR count). The van der Waals surface area contributed by atoms with E-state index in [9.17, 15) is 9.18 Å². The van der Waals surface area contributed by atoms with Gasteiger partial charge in [-0.2, -0.15) is 5.10 Å². The number of aromatic nitrogens is 2. The van der Waals surface area contributed by atoms with Crippen LogP contribution in [-0.2, 0) is 6.54 Å². The molecule has 0 atom stereocenters. The summed E-state index contributed by atoms with van der Waals surface area (Å²) in [6, 6.07) is 14.3. The Kier molecular flexibility index (Phi) is 4.73. The van der Waals surface area contributed by atoms with E-state index in [1.54, 1.807) is 12.1 Å². The SMILES string of the molecule is Cc1cc(C)cc(NC(=O)c2cc3c(C)nn(Cc4ccc(F)cc4)c3s2)c1. The van der Waals surface area contributed by atoms with Gasteiger partial charge in [-0.3, -0.25) is 9.48 Å². The second-order valence-corrected chi connectivity index (χ2v) is 8.06. The number of carbonyl (C=O) groups excluding carboxylic acids is 1. The first-order valence-electron chi connectivity index (χ1n) is 9.00. The van der Waals surface area contributed by atoms with E-state index < -0.39 is 0 Å². The summed E-state index contributed by atoms with van der Waals surface area (Å²) in [4.78, 5) is 14.3. The fourth-order valence-electron chi connectivity index (χ4n) is 3.33. The lowest BCUT2D eigenvalue weighted by atomic mass is 10.1. The molecule has 2 aromatic heterocycles. The maximum absolute atomic E-state index is 13.1. The minimum atomic E-state index is -0.257. The Morgan fingerprint density at radius 3 is 2.43 bits per heavy atom. The highest BCUT2D eigenvalue weighted by atomic mass is 32.1. The topological polar surface area (TPSA) is 46.9 Å². The second kappa shape index (κ2) is 7.20. The molecular formula is C22H20FN3OS. The summed E-state index contributed by atoms with van der Waals surface area (Å²) in [7, 11) is 0. The second-order valence-electron chi connectivity index (χ2n) is 7.03. The molecule has 0 fully saturated rings. The standard InChI is InChI=1S/C22H20FN3OS/c1-13-8-14(2)10-18(9-13)24-21(27)20-11-19-15(3)25-26(22(19)28-20)12-16-4-6-17(23)7-5-16/h4-11H,12H2,1-3H3,(H,24,27). The summed E-state index contributed by atoms with van der Waals surface area (Å²) in [6.45, 7) is 6.48. The van der Waals surface area contributed by atoms with Crippen LogP contribution in [0.15, 0.2) is 48.5 Å². The molecule has 0 unspecified atom stereocenters. The number of anilines is 1. The van der Waals surface area contributed by atoms with Crippen LogP contribution in [-0.4, -0.2) is 15.7 Å². The van der Waals surface area contributed by atoms with Crippen LogP contribution in [0.3, 0.4) is 0 Å². The summed E-state index contributed by atoms with van der Waals surface area (Å²) in [6.07, 6.45) is 0. The van der Waals surface area contributed by atoms with Crippen LogP contribution in [0.1, 0.15) is 32.1 Å². The first-order valence-corrected chi connectivity index (χ1v) is 9.82. The van der Waals surface area contributed by atoms with Gasteiger partial charge in [-0.05, 0) is 67.8 Å². The molecule has 0 saturated carbocycles. The van der Waals surface area contributed by atoms with E-state index in [4.69, 9.17) is 0 Å². The van der Waals surface area contributed by atoms with E-state index in [0.717, 1.165) is 38.3 Å². The average molecular weight is 393 g/mol. The van der Waals surface area contributed by atoms with Crippen molar-refractivity contribution in [3.8, 4) is 0 Å². The number of nitrogens with one attached hydrogen (secondary N) is 1. The van der Waals surface area contributed by atoms with E-state index in [2.05, 4.69) is 16.5 Å². The fraction of sp³-hybridized carbons (Fsp3) is 0.182. The predicted octanol–water partition coefficient (Wildman–Crippen LogP) is 5.46. The lowest BCUT2D eigenvalue weighted by Gasteiger charge is -2.06. The number of hydrogen-bond donors (Lipinski definition) is 1. The quantitative estimate of drug-likeness (QED) is 0.500. The zero-order chi connectivity index (χ0) is 19.8. The molecular weight excluding hydrogens is 373 g/mol. The summed E-state index contributed by atoms with van der Waals surface area (Å²) >= 11 is 1.42. The summed E-state index contributed by atoms with van der Waals surface area (Å²) in [5, 5.41) is 8.53. The van der Waals surface area contributed by atoms with Crippen LogP contribution in [0.25, 0.3) is 10.2 Å². The smallest absolute Gasteiger partial charge is 0.265 e. The number of fused-ring (bicyclic) bond motifs is 1. The van der Waals surface area contributed by atoms with E-state index in [-0.39, 0.29) is 11.7 Å². The molecule has 1 N–H and O–H groups in total. The van der Waals surface area contributed by atoms with Crippen LogP contribution < -0.4 is 5.32 Å². The molecule has 0 aliphatic heterocycles. The molecule has 0 saturated heterocycles. The van der Waals surface area contributed by atoms with Gasteiger partial charge in [0.25, 0.3) is 5.91 Å². The van der Waals surface area contributed by atoms with Crippen molar-refractivity contribution in [3.63, 3.8) is 0 Å². The van der Waals surface area contributed by atoms with Gasteiger partial charge in [-0.15, -0.1) is 11.3 Å². The normalized spacial score (nSPS) is 11.1. The molecule has 0 radical (unpaired) electrons. The van der Waals surface area contributed by atoms with Crippen LogP contribution in [0.5, 0.6) is 0 Å². The molecule has 0 bridgehead atoms. The molecule has 6 heteroatoms. The van der Waals surface area contributed by atoms with E-state index >= 15 is 0 Å². The van der Waals surface area contributed by atoms with Crippen molar-refractivity contribution in [2.45, 2.75) is 27.3 Å². The van der Waals surface area contributed by atoms with E-state index in [1.165, 1.54) is 23.5 Å². The number of benzene rings is 2. The van der Waals surface area contributed by atoms with Crippen molar-refractivity contribution in [2.24, 2.45) is 0 Å². The Bertz CT molecular complexity index is 1150. The number of carbonyl (C=O) groups is 1. The Hall–Kier alpha value is -2.99. The Labute approximate surface area is 166 Å². The monoisotopic (exact) mass is 393 g/mol. The Morgan fingerprint density at radius 2 is 1.75 bits per heavy atom. The van der Waals surface area contributed by atoms with Crippen LogP contribution >= 0.6 is 11.3 Å². The highest BCUT2D eigenvalue weighted by Crippen LogP contribution is 2.29. The molecule has 1 amide bonds. The molecule has 0 aliphatic carbocycles. The number of nitrogens with zero attached hydrogens (tertiary/aromatic N) is 2. The summed E-state index contributed by atoms with van der Waals surface area (Å²) < 4.78 is 15.0. The maximum atomic E-state index is 13.1. The van der Waals surface area contributed by atoms with Crippen LogP contribution in [0.2, 0.25) is 0 Å². The zero-order valence-corrected chi connectivity index (χ0v) is 16.7. The van der Waals surface area contributed by atoms with Gasteiger partial charge in [0, 0.05) is 11.1 Å². The third-order valence-electron chi connectivity index (χ3n) is 4.56. The molecule has 4 nitrogen and oxygen atoms in total. The highest BCUT2D eigenvalue weighted by Gasteiger charge is 2.17. The number of hydrogen-bond acceptors (Lipinski definition) is 3. The lowest BCUT2D eigenvalue weighted by molar-refractivity contribution is 0.103. The first kappa shape index (κ1) is 18.4. The predicted molar refractivity (Wildman–Crippen MR) is 112 cm³/mol. The molecule has 0 aliphatic rings. The highest BCUT2D eigenvalue weighted by molar-refractivity contribution is 7.20. The lowest BCUT2D eigenvalue weighted by Crippen LogP contribution is -2.10. The zero-order valence-electron chi connectivity index (χ0n) is 15.9. The molecule has 142 valence electrons. The van der Waals surface area contributed by atoms with Gasteiger partial charge in [-0.1, -0.05) is 18.2 Å². The molecule has 28 heavy (non-hydrogen) atoms. The number of aryl methyl sites for hydroxylation is 3. The van der Waals surface area contributed by atoms with Gasteiger partial charge in [-0.25, -0.2) is 4.39 Å². The Balaban J connectivity index is 1.62. The third-order valence-corrected chi connectivity index (χ3v) is 5.70. The van der Waals surface area contributed by atoms with Gasteiger partial charge in [0.1, 0.15) is 10.6 Å². The maximum Gasteiger partial charge on any atom is 0.265 e. The number of thiophene rings is 1. The molecule has 2 aromatic carbocycles. The van der Waals surface area contributed by atoms with Crippen molar-refractivity contribution >= 4 is 33.1 Å². The Morgan fingerprint density at radius 1 is 1.07 bits per heavy atom. The number of halogens is 1. The average Bonchev–Trinajstić information content (AvgIpc) is 3.18. The molecule has 0 spiro atoms. The van der Waals surface area contributed by atoms with Gasteiger partial charge >= 0.3 is 0 Å². The van der Waals surface area contributed by atoms with Crippen molar-refractivity contribution in [2.75, 3.05) is 5.32 Å². The van der Waals surface area contributed by atoms with Crippen LogP contribution in [0, 0.1) is 26.6 Å². The number of rotatable bonds is 4. The summed E-state index contributed by atoms with van der Waals surface area (Å²) in [5.74, 6) is -0.383. The molecule has 2 heterocycles. The minimum absolute atomic E-state index is 0.126. The fourth-order valence-corrected chi connectivity index (χ4v) is 4.39. The van der Waals surface area contributed by atoms with Gasteiger partial charge in [0.05, 0.1) is 17.1 Å². The van der Waals surface area contributed by atoms with Gasteiger partial charge in [0.2, 0.25) is 0 Å². The van der Waals surface area contributed by atoms with E-state index in [1.807, 2.05) is 43.7 Å². The van der Waals surface area contributed by atoms with Crippen molar-refractivity contribution < 1.29 is 9.18 Å². The third kappa shape index (κ3) is 3.68. The van der Waals surface area contributed by atoms with Crippen molar-refractivity contribution in [1.29, 1.82) is 0 Å². The van der Waals surface area contributed by atoms with Crippen molar-refractivity contribution in [1.82, 2.24) is 9.78 Å². The van der Waals surface area contributed by atoms with Gasteiger partial charge in [0.15, 0.2) is 0 Å². The minimum Gasteiger partial charge on any atom is -0.321 e. The van der Waals surface area contributed by atoms with Crippen LogP contribution in [0.4, 0.5) is 10.1 Å². The number of amides is 1. The largest absolute Gasteiger partial charge is 0.321 e. The first-order chi connectivity index (χ1) is 13.4. The van der Waals surface area contributed by atoms with Crippen molar-refractivity contribution in [3.05, 3.63) is 81.6 Å². The van der Waals surface area contributed by atoms with E-state index in [0.29, 0.717) is 11.4 Å². The molecule has 4 aromatic rings. The van der Waals surface area contributed by atoms with Gasteiger partial charge < -0.3 is 5.32 Å². The summed E-state index contributed by atoms with van der Waals surface area (Å²) in [5.41, 5.74) is 4.85.